The Kier molecular flexibility index (Phi) is 4.90. The molecule has 2 rings (SSSR count). The fraction of sp³-hybridized carbons (Fsp3) is 0.846. The summed E-state index contributed by atoms with van der Waals surface area (Å²) in [5.74, 6) is 0.880. The third kappa shape index (κ3) is 4.26. The van der Waals surface area contributed by atoms with Crippen LogP contribution in [0, 0.1) is 0 Å². The largest absolute Gasteiger partial charge is 0.371 e. The van der Waals surface area contributed by atoms with Crippen LogP contribution >= 0.6 is 0 Å². The van der Waals surface area contributed by atoms with E-state index in [-0.39, 0.29) is 11.7 Å². The topological polar surface area (TPSA) is 61.2 Å². The first-order valence-corrected chi connectivity index (χ1v) is 6.93. The number of nitrogens with one attached hydrogen (secondary N) is 1. The highest BCUT2D eigenvalue weighted by molar-refractivity contribution is 4.83. The van der Waals surface area contributed by atoms with Crippen molar-refractivity contribution in [1.29, 1.82) is 0 Å². The summed E-state index contributed by atoms with van der Waals surface area (Å²) < 4.78 is 13.5. The number of hydrogen-bond donors (Lipinski definition) is 1. The molecule has 2 heterocycles. The molecule has 1 unspecified atom stereocenters. The van der Waals surface area contributed by atoms with E-state index in [1.54, 1.807) is 6.33 Å². The first-order valence-electron chi connectivity index (χ1n) is 6.93. The predicted molar refractivity (Wildman–Crippen MR) is 71.8 cm³/mol. The van der Waals surface area contributed by atoms with E-state index in [1.165, 1.54) is 0 Å². The SMILES string of the molecule is CCCn1ncnc1COCC1CNCC(C)(C)O1. The van der Waals surface area contributed by atoms with Gasteiger partial charge in [0.15, 0.2) is 5.82 Å². The molecule has 6 nitrogen and oxygen atoms in total. The lowest BCUT2D eigenvalue weighted by molar-refractivity contribution is -0.122. The molecule has 1 aliphatic rings. The van der Waals surface area contributed by atoms with Crippen molar-refractivity contribution in [3.63, 3.8) is 0 Å². The van der Waals surface area contributed by atoms with Crippen molar-refractivity contribution in [2.24, 2.45) is 0 Å². The van der Waals surface area contributed by atoms with Gasteiger partial charge in [0.1, 0.15) is 12.9 Å². The van der Waals surface area contributed by atoms with Gasteiger partial charge in [0.25, 0.3) is 0 Å². The van der Waals surface area contributed by atoms with Gasteiger partial charge in [-0.15, -0.1) is 0 Å². The van der Waals surface area contributed by atoms with Crippen molar-refractivity contribution < 1.29 is 9.47 Å². The van der Waals surface area contributed by atoms with Gasteiger partial charge in [0.05, 0.1) is 18.3 Å². The molecule has 0 bridgehead atoms. The van der Waals surface area contributed by atoms with Gasteiger partial charge in [0, 0.05) is 19.6 Å². The fourth-order valence-electron chi connectivity index (χ4n) is 2.24. The van der Waals surface area contributed by atoms with E-state index in [0.717, 1.165) is 31.9 Å². The van der Waals surface area contributed by atoms with E-state index in [2.05, 4.69) is 36.2 Å². The van der Waals surface area contributed by atoms with Gasteiger partial charge in [0.2, 0.25) is 0 Å². The van der Waals surface area contributed by atoms with Crippen molar-refractivity contribution in [2.45, 2.75) is 52.0 Å². The van der Waals surface area contributed by atoms with E-state index in [0.29, 0.717) is 13.2 Å². The standard InChI is InChI=1S/C13H24N4O2/c1-4-5-17-12(15-10-16-17)8-18-7-11-6-14-9-13(2,3)19-11/h10-11,14H,4-9H2,1-3H3. The van der Waals surface area contributed by atoms with Crippen LogP contribution in [-0.4, -0.2) is 46.2 Å². The second-order valence-corrected chi connectivity index (χ2v) is 5.54. The average Bonchev–Trinajstić information content (AvgIpc) is 2.76. The zero-order valence-electron chi connectivity index (χ0n) is 12.1. The number of hydrogen-bond acceptors (Lipinski definition) is 5. The molecule has 108 valence electrons. The first-order chi connectivity index (χ1) is 9.11. The van der Waals surface area contributed by atoms with Gasteiger partial charge < -0.3 is 14.8 Å². The Labute approximate surface area is 114 Å². The fourth-order valence-corrected chi connectivity index (χ4v) is 2.24. The highest BCUT2D eigenvalue weighted by atomic mass is 16.5. The van der Waals surface area contributed by atoms with E-state index < -0.39 is 0 Å². The third-order valence-corrected chi connectivity index (χ3v) is 3.07. The highest BCUT2D eigenvalue weighted by Gasteiger charge is 2.28. The maximum absolute atomic E-state index is 5.94. The third-order valence-electron chi connectivity index (χ3n) is 3.07. The average molecular weight is 268 g/mol. The van der Waals surface area contributed by atoms with Crippen molar-refractivity contribution in [3.05, 3.63) is 12.2 Å². The van der Waals surface area contributed by atoms with Crippen LogP contribution in [0.4, 0.5) is 0 Å². The molecular weight excluding hydrogens is 244 g/mol. The molecular formula is C13H24N4O2. The van der Waals surface area contributed by atoms with E-state index >= 15 is 0 Å². The Morgan fingerprint density at radius 2 is 2.42 bits per heavy atom. The van der Waals surface area contributed by atoms with Crippen LogP contribution in [0.15, 0.2) is 6.33 Å². The molecule has 1 atom stereocenters. The molecule has 1 aliphatic heterocycles. The van der Waals surface area contributed by atoms with Gasteiger partial charge in [-0.3, -0.25) is 0 Å². The van der Waals surface area contributed by atoms with E-state index in [9.17, 15) is 0 Å². The molecule has 0 saturated carbocycles. The normalized spacial score (nSPS) is 22.6. The molecule has 19 heavy (non-hydrogen) atoms. The van der Waals surface area contributed by atoms with Crippen molar-refractivity contribution in [3.8, 4) is 0 Å². The second-order valence-electron chi connectivity index (χ2n) is 5.54. The maximum Gasteiger partial charge on any atom is 0.152 e. The molecule has 0 radical (unpaired) electrons. The minimum Gasteiger partial charge on any atom is -0.371 e. The van der Waals surface area contributed by atoms with Crippen molar-refractivity contribution in [1.82, 2.24) is 20.1 Å². The monoisotopic (exact) mass is 268 g/mol. The van der Waals surface area contributed by atoms with Gasteiger partial charge in [-0.25, -0.2) is 9.67 Å². The van der Waals surface area contributed by atoms with Crippen molar-refractivity contribution in [2.75, 3.05) is 19.7 Å². The number of rotatable bonds is 6. The quantitative estimate of drug-likeness (QED) is 0.833. The van der Waals surface area contributed by atoms with Gasteiger partial charge in [-0.1, -0.05) is 6.92 Å². The molecule has 0 aromatic carbocycles. The zero-order valence-corrected chi connectivity index (χ0v) is 12.1. The lowest BCUT2D eigenvalue weighted by Crippen LogP contribution is -2.51. The summed E-state index contributed by atoms with van der Waals surface area (Å²) in [6.45, 7) is 9.96. The Bertz CT molecular complexity index is 392. The van der Waals surface area contributed by atoms with E-state index in [1.807, 2.05) is 4.68 Å². The van der Waals surface area contributed by atoms with Crippen molar-refractivity contribution >= 4 is 0 Å². The molecule has 0 aliphatic carbocycles. The molecule has 1 aromatic heterocycles. The summed E-state index contributed by atoms with van der Waals surface area (Å²) in [4.78, 5) is 4.22. The van der Waals surface area contributed by atoms with Crippen LogP contribution in [0.2, 0.25) is 0 Å². The minimum atomic E-state index is -0.117. The number of aromatic nitrogens is 3. The summed E-state index contributed by atoms with van der Waals surface area (Å²) in [6, 6.07) is 0. The molecule has 1 N–H and O–H groups in total. The first kappa shape index (κ1) is 14.4. The summed E-state index contributed by atoms with van der Waals surface area (Å²) in [6.07, 6.45) is 2.72. The minimum absolute atomic E-state index is 0.103. The Balaban J connectivity index is 1.75. The number of nitrogens with zero attached hydrogens (tertiary/aromatic N) is 3. The molecule has 6 heteroatoms. The lowest BCUT2D eigenvalue weighted by Gasteiger charge is -2.36. The number of aryl methyl sites for hydroxylation is 1. The second kappa shape index (κ2) is 6.45. The van der Waals surface area contributed by atoms with Crippen LogP contribution in [0.1, 0.15) is 33.0 Å². The van der Waals surface area contributed by atoms with Gasteiger partial charge in [-0.05, 0) is 20.3 Å². The van der Waals surface area contributed by atoms with Crippen LogP contribution in [0.3, 0.4) is 0 Å². The molecule has 1 aromatic rings. The van der Waals surface area contributed by atoms with Gasteiger partial charge >= 0.3 is 0 Å². The number of morpholine rings is 1. The summed E-state index contributed by atoms with van der Waals surface area (Å²) in [5.41, 5.74) is -0.117. The molecule has 1 saturated heterocycles. The molecule has 0 amide bonds. The summed E-state index contributed by atoms with van der Waals surface area (Å²) >= 11 is 0. The Morgan fingerprint density at radius 1 is 1.58 bits per heavy atom. The smallest absolute Gasteiger partial charge is 0.152 e. The highest BCUT2D eigenvalue weighted by Crippen LogP contribution is 2.15. The maximum atomic E-state index is 5.94. The molecule has 0 spiro atoms. The Hall–Kier alpha value is -0.980. The van der Waals surface area contributed by atoms with Gasteiger partial charge in [-0.2, -0.15) is 5.10 Å². The Morgan fingerprint density at radius 3 is 3.16 bits per heavy atom. The summed E-state index contributed by atoms with van der Waals surface area (Å²) in [5, 5.41) is 7.54. The van der Waals surface area contributed by atoms with Crippen LogP contribution < -0.4 is 5.32 Å². The van der Waals surface area contributed by atoms with Crippen LogP contribution in [0.25, 0.3) is 0 Å². The molecule has 1 fully saturated rings. The zero-order chi connectivity index (χ0) is 13.7. The van der Waals surface area contributed by atoms with Crippen LogP contribution in [0.5, 0.6) is 0 Å². The predicted octanol–water partition coefficient (Wildman–Crippen LogP) is 0.972. The van der Waals surface area contributed by atoms with Crippen LogP contribution in [-0.2, 0) is 22.6 Å². The lowest BCUT2D eigenvalue weighted by atomic mass is 10.1. The number of ether oxygens (including phenoxy) is 2. The summed E-state index contributed by atoms with van der Waals surface area (Å²) in [7, 11) is 0. The van der Waals surface area contributed by atoms with E-state index in [4.69, 9.17) is 9.47 Å².